The van der Waals surface area contributed by atoms with Crippen LogP contribution in [0.1, 0.15) is 0 Å². The van der Waals surface area contributed by atoms with Crippen LogP contribution in [-0.4, -0.2) is 5.11 Å². The molecule has 16 heavy (non-hydrogen) atoms. The van der Waals surface area contributed by atoms with Crippen LogP contribution >= 0.6 is 11.8 Å². The summed E-state index contributed by atoms with van der Waals surface area (Å²) in [5.41, 5.74) is 0. The fraction of sp³-hybridized carbons (Fsp3) is 0. The van der Waals surface area contributed by atoms with Crippen LogP contribution in [0.15, 0.2) is 52.3 Å². The first-order valence-corrected chi connectivity index (χ1v) is 5.39. The summed E-state index contributed by atoms with van der Waals surface area (Å²) < 4.78 is 25.6. The van der Waals surface area contributed by atoms with Crippen molar-refractivity contribution in [2.75, 3.05) is 0 Å². The third-order valence-corrected chi connectivity index (χ3v) is 3.04. The Kier molecular flexibility index (Phi) is 3.10. The molecule has 4 heteroatoms. The first kappa shape index (κ1) is 11.0. The number of para-hydroxylation sites is 1. The van der Waals surface area contributed by atoms with Crippen LogP contribution in [0.2, 0.25) is 0 Å². The van der Waals surface area contributed by atoms with Gasteiger partial charge in [-0.15, -0.1) is 0 Å². The summed E-state index contributed by atoms with van der Waals surface area (Å²) >= 11 is 1.18. The van der Waals surface area contributed by atoms with Gasteiger partial charge in [0.1, 0.15) is 5.75 Å². The van der Waals surface area contributed by atoms with Crippen LogP contribution in [0.5, 0.6) is 5.75 Å². The summed E-state index contributed by atoms with van der Waals surface area (Å²) in [6.07, 6.45) is 0. The highest BCUT2D eigenvalue weighted by Crippen LogP contribution is 2.34. The lowest BCUT2D eigenvalue weighted by Gasteiger charge is -2.04. The summed E-state index contributed by atoms with van der Waals surface area (Å²) in [4.78, 5) is 1.15. The van der Waals surface area contributed by atoms with Crippen molar-refractivity contribution in [3.05, 3.63) is 54.1 Å². The second-order valence-corrected chi connectivity index (χ2v) is 4.26. The lowest BCUT2D eigenvalue weighted by atomic mass is 10.3. The predicted octanol–water partition coefficient (Wildman–Crippen LogP) is 3.82. The van der Waals surface area contributed by atoms with Gasteiger partial charge < -0.3 is 5.11 Å². The Morgan fingerprint density at radius 1 is 0.938 bits per heavy atom. The van der Waals surface area contributed by atoms with Crippen molar-refractivity contribution in [1.82, 2.24) is 0 Å². The Balaban J connectivity index is 2.28. The number of phenols is 1. The van der Waals surface area contributed by atoms with Gasteiger partial charge in [-0.25, -0.2) is 8.78 Å². The van der Waals surface area contributed by atoms with Crippen LogP contribution in [0.25, 0.3) is 0 Å². The average Bonchev–Trinajstić information content (AvgIpc) is 2.27. The van der Waals surface area contributed by atoms with Crippen molar-refractivity contribution in [2.45, 2.75) is 9.79 Å². The molecular weight excluding hydrogens is 230 g/mol. The number of benzene rings is 2. The molecule has 0 atom stereocenters. The molecule has 0 aliphatic carbocycles. The zero-order valence-electron chi connectivity index (χ0n) is 8.15. The van der Waals surface area contributed by atoms with Crippen LogP contribution < -0.4 is 0 Å². The third-order valence-electron chi connectivity index (χ3n) is 1.98. The number of phenolic OH excluding ortho intramolecular Hbond substituents is 1. The van der Waals surface area contributed by atoms with E-state index < -0.39 is 11.6 Å². The van der Waals surface area contributed by atoms with Crippen molar-refractivity contribution in [3.63, 3.8) is 0 Å². The van der Waals surface area contributed by atoms with Gasteiger partial charge in [0.15, 0.2) is 11.6 Å². The van der Waals surface area contributed by atoms with Gasteiger partial charge in [0, 0.05) is 4.90 Å². The minimum Gasteiger partial charge on any atom is -0.507 e. The summed E-state index contributed by atoms with van der Waals surface area (Å²) in [7, 11) is 0. The lowest BCUT2D eigenvalue weighted by molar-refractivity contribution is 0.462. The number of hydrogen-bond donors (Lipinski definition) is 1. The van der Waals surface area contributed by atoms with Gasteiger partial charge in [0.2, 0.25) is 0 Å². The molecule has 2 rings (SSSR count). The molecule has 0 heterocycles. The topological polar surface area (TPSA) is 20.2 Å². The number of halogens is 2. The van der Waals surface area contributed by atoms with Gasteiger partial charge in [0.25, 0.3) is 0 Å². The second-order valence-electron chi connectivity index (χ2n) is 3.15. The number of hydrogen-bond acceptors (Lipinski definition) is 2. The largest absolute Gasteiger partial charge is 0.507 e. The Labute approximate surface area is 95.7 Å². The SMILES string of the molecule is Oc1ccccc1Sc1ccc(F)c(F)c1. The molecular formula is C12H8F2OS. The predicted molar refractivity (Wildman–Crippen MR) is 58.6 cm³/mol. The van der Waals surface area contributed by atoms with E-state index in [9.17, 15) is 13.9 Å². The van der Waals surface area contributed by atoms with Gasteiger partial charge in [-0.2, -0.15) is 0 Å². The maximum Gasteiger partial charge on any atom is 0.159 e. The normalized spacial score (nSPS) is 10.4. The van der Waals surface area contributed by atoms with Crippen molar-refractivity contribution < 1.29 is 13.9 Å². The van der Waals surface area contributed by atoms with Gasteiger partial charge >= 0.3 is 0 Å². The molecule has 0 aliphatic heterocycles. The maximum absolute atomic E-state index is 12.9. The minimum absolute atomic E-state index is 0.122. The fourth-order valence-electron chi connectivity index (χ4n) is 1.21. The molecule has 82 valence electrons. The van der Waals surface area contributed by atoms with E-state index in [4.69, 9.17) is 0 Å². The van der Waals surface area contributed by atoms with E-state index in [2.05, 4.69) is 0 Å². The van der Waals surface area contributed by atoms with E-state index in [1.54, 1.807) is 24.3 Å². The molecule has 0 radical (unpaired) electrons. The monoisotopic (exact) mass is 238 g/mol. The highest BCUT2D eigenvalue weighted by atomic mass is 32.2. The van der Waals surface area contributed by atoms with Crippen molar-refractivity contribution in [1.29, 1.82) is 0 Å². The zero-order chi connectivity index (χ0) is 11.5. The number of rotatable bonds is 2. The van der Waals surface area contributed by atoms with Gasteiger partial charge in [-0.1, -0.05) is 23.9 Å². The summed E-state index contributed by atoms with van der Waals surface area (Å²) in [5, 5.41) is 9.51. The number of aromatic hydroxyl groups is 1. The van der Waals surface area contributed by atoms with Crippen molar-refractivity contribution in [3.8, 4) is 5.75 Å². The third kappa shape index (κ3) is 2.33. The zero-order valence-corrected chi connectivity index (χ0v) is 8.97. The Bertz CT molecular complexity index is 514. The standard InChI is InChI=1S/C12H8F2OS/c13-9-6-5-8(7-10(9)14)16-12-4-2-1-3-11(12)15/h1-7,15H. The Morgan fingerprint density at radius 2 is 1.69 bits per heavy atom. The van der Waals surface area contributed by atoms with E-state index in [0.717, 1.165) is 12.1 Å². The molecule has 2 aromatic rings. The Hall–Kier alpha value is -1.55. The first-order chi connectivity index (χ1) is 7.66. The van der Waals surface area contributed by atoms with E-state index in [1.807, 2.05) is 0 Å². The van der Waals surface area contributed by atoms with Crippen LogP contribution in [0.3, 0.4) is 0 Å². The van der Waals surface area contributed by atoms with Crippen molar-refractivity contribution in [2.24, 2.45) is 0 Å². The highest BCUT2D eigenvalue weighted by Gasteiger charge is 2.06. The molecule has 0 aliphatic rings. The van der Waals surface area contributed by atoms with Gasteiger partial charge in [0.05, 0.1) is 4.90 Å². The summed E-state index contributed by atoms with van der Waals surface area (Å²) in [5.74, 6) is -1.64. The molecule has 0 saturated carbocycles. The molecule has 2 aromatic carbocycles. The Morgan fingerprint density at radius 3 is 2.38 bits per heavy atom. The first-order valence-electron chi connectivity index (χ1n) is 4.58. The van der Waals surface area contributed by atoms with E-state index in [0.29, 0.717) is 9.79 Å². The lowest BCUT2D eigenvalue weighted by Crippen LogP contribution is -1.83. The molecule has 0 saturated heterocycles. The van der Waals surface area contributed by atoms with Crippen LogP contribution in [0.4, 0.5) is 8.78 Å². The average molecular weight is 238 g/mol. The summed E-state index contributed by atoms with van der Waals surface area (Å²) in [6.45, 7) is 0. The van der Waals surface area contributed by atoms with E-state index >= 15 is 0 Å². The molecule has 1 N–H and O–H groups in total. The summed E-state index contributed by atoms with van der Waals surface area (Å²) in [6, 6.07) is 10.4. The molecule has 0 fully saturated rings. The minimum atomic E-state index is -0.888. The highest BCUT2D eigenvalue weighted by molar-refractivity contribution is 7.99. The van der Waals surface area contributed by atoms with Gasteiger partial charge in [-0.3, -0.25) is 0 Å². The molecule has 0 aromatic heterocycles. The smallest absolute Gasteiger partial charge is 0.159 e. The van der Waals surface area contributed by atoms with Crippen LogP contribution in [-0.2, 0) is 0 Å². The molecule has 0 bridgehead atoms. The van der Waals surface area contributed by atoms with Crippen LogP contribution in [0, 0.1) is 11.6 Å². The molecule has 0 spiro atoms. The van der Waals surface area contributed by atoms with Gasteiger partial charge in [-0.05, 0) is 30.3 Å². The molecule has 0 unspecified atom stereocenters. The van der Waals surface area contributed by atoms with E-state index in [-0.39, 0.29) is 5.75 Å². The fourth-order valence-corrected chi connectivity index (χ4v) is 2.08. The molecule has 0 amide bonds. The quantitative estimate of drug-likeness (QED) is 0.858. The second kappa shape index (κ2) is 4.53. The van der Waals surface area contributed by atoms with E-state index in [1.165, 1.54) is 17.8 Å². The van der Waals surface area contributed by atoms with Crippen molar-refractivity contribution >= 4 is 11.8 Å². The maximum atomic E-state index is 12.9. The molecule has 1 nitrogen and oxygen atoms in total.